The van der Waals surface area contributed by atoms with Crippen LogP contribution in [0.3, 0.4) is 0 Å². The van der Waals surface area contributed by atoms with E-state index in [1.807, 2.05) is 42.1 Å². The minimum atomic E-state index is -0.598. The van der Waals surface area contributed by atoms with Crippen LogP contribution in [0.15, 0.2) is 53.8 Å². The van der Waals surface area contributed by atoms with Gasteiger partial charge in [-0.3, -0.25) is 9.67 Å². The van der Waals surface area contributed by atoms with Gasteiger partial charge in [0.15, 0.2) is 5.96 Å². The van der Waals surface area contributed by atoms with Crippen LogP contribution < -0.4 is 10.6 Å². The van der Waals surface area contributed by atoms with Gasteiger partial charge in [0.1, 0.15) is 6.10 Å². The minimum Gasteiger partial charge on any atom is -0.386 e. The SMILES string of the molecule is CCNC(=NCC(O)c1cc2ccccc2s1)NCCn1cccn1. The van der Waals surface area contributed by atoms with Gasteiger partial charge in [-0.1, -0.05) is 18.2 Å². The van der Waals surface area contributed by atoms with E-state index in [0.29, 0.717) is 19.0 Å². The number of aliphatic hydroxyl groups is 1. The van der Waals surface area contributed by atoms with Crippen molar-refractivity contribution in [1.29, 1.82) is 0 Å². The predicted molar refractivity (Wildman–Crippen MR) is 103 cm³/mol. The van der Waals surface area contributed by atoms with E-state index < -0.39 is 6.10 Å². The van der Waals surface area contributed by atoms with E-state index >= 15 is 0 Å². The summed E-state index contributed by atoms with van der Waals surface area (Å²) in [6.45, 7) is 4.59. The molecule has 0 spiro atoms. The third-order valence-electron chi connectivity index (χ3n) is 3.73. The number of rotatable bonds is 7. The maximum atomic E-state index is 10.4. The molecule has 0 aliphatic rings. The van der Waals surface area contributed by atoms with E-state index in [9.17, 15) is 5.11 Å². The summed E-state index contributed by atoms with van der Waals surface area (Å²) in [6, 6.07) is 12.1. The lowest BCUT2D eigenvalue weighted by Gasteiger charge is -2.12. The van der Waals surface area contributed by atoms with E-state index in [1.54, 1.807) is 17.5 Å². The van der Waals surface area contributed by atoms with Gasteiger partial charge in [0, 0.05) is 35.1 Å². The average Bonchev–Trinajstić information content (AvgIpc) is 3.28. The molecule has 3 aromatic rings. The lowest BCUT2D eigenvalue weighted by atomic mass is 10.2. The Morgan fingerprint density at radius 1 is 1.32 bits per heavy atom. The van der Waals surface area contributed by atoms with Crippen molar-refractivity contribution >= 4 is 27.4 Å². The average molecular weight is 357 g/mol. The van der Waals surface area contributed by atoms with Crippen LogP contribution in [0.2, 0.25) is 0 Å². The Kier molecular flexibility index (Phi) is 6.03. The zero-order valence-electron chi connectivity index (χ0n) is 14.2. The minimum absolute atomic E-state index is 0.323. The number of nitrogens with one attached hydrogen (secondary N) is 2. The number of aliphatic hydroxyl groups excluding tert-OH is 1. The summed E-state index contributed by atoms with van der Waals surface area (Å²) < 4.78 is 3.05. The highest BCUT2D eigenvalue weighted by Gasteiger charge is 2.11. The number of guanidine groups is 1. The number of hydrogen-bond donors (Lipinski definition) is 3. The summed E-state index contributed by atoms with van der Waals surface area (Å²) in [4.78, 5) is 5.44. The van der Waals surface area contributed by atoms with Crippen molar-refractivity contribution in [2.75, 3.05) is 19.6 Å². The molecule has 25 heavy (non-hydrogen) atoms. The van der Waals surface area contributed by atoms with Gasteiger partial charge in [-0.15, -0.1) is 11.3 Å². The Morgan fingerprint density at radius 3 is 2.96 bits per heavy atom. The predicted octanol–water partition coefficient (Wildman–Crippen LogP) is 2.39. The van der Waals surface area contributed by atoms with Crippen molar-refractivity contribution in [1.82, 2.24) is 20.4 Å². The smallest absolute Gasteiger partial charge is 0.191 e. The first-order valence-corrected chi connectivity index (χ1v) is 9.24. The molecule has 0 aliphatic heterocycles. The number of nitrogens with zero attached hydrogens (tertiary/aromatic N) is 3. The highest BCUT2D eigenvalue weighted by Crippen LogP contribution is 2.29. The normalized spacial score (nSPS) is 13.1. The number of aromatic nitrogens is 2. The van der Waals surface area contributed by atoms with Crippen molar-refractivity contribution in [3.63, 3.8) is 0 Å². The molecule has 132 valence electrons. The molecule has 0 saturated heterocycles. The Hall–Kier alpha value is -2.38. The van der Waals surface area contributed by atoms with Crippen LogP contribution in [0.5, 0.6) is 0 Å². The first-order valence-electron chi connectivity index (χ1n) is 8.42. The first-order chi connectivity index (χ1) is 12.3. The van der Waals surface area contributed by atoms with Crippen LogP contribution in [0.4, 0.5) is 0 Å². The molecular weight excluding hydrogens is 334 g/mol. The molecule has 6 nitrogen and oxygen atoms in total. The number of thiophene rings is 1. The number of aliphatic imine (C=N–C) groups is 1. The maximum absolute atomic E-state index is 10.4. The third-order valence-corrected chi connectivity index (χ3v) is 4.95. The number of fused-ring (bicyclic) bond motifs is 1. The molecule has 1 aromatic carbocycles. The lowest BCUT2D eigenvalue weighted by Crippen LogP contribution is -2.39. The van der Waals surface area contributed by atoms with Gasteiger partial charge in [-0.2, -0.15) is 5.10 Å². The molecule has 3 rings (SSSR count). The van der Waals surface area contributed by atoms with E-state index in [1.165, 1.54) is 4.70 Å². The molecule has 0 amide bonds. The zero-order valence-corrected chi connectivity index (χ0v) is 15.0. The Morgan fingerprint density at radius 2 is 2.20 bits per heavy atom. The summed E-state index contributed by atoms with van der Waals surface area (Å²) in [5, 5.41) is 22.2. The van der Waals surface area contributed by atoms with E-state index in [-0.39, 0.29) is 0 Å². The molecule has 7 heteroatoms. The molecule has 0 fully saturated rings. The van der Waals surface area contributed by atoms with Gasteiger partial charge in [-0.05, 0) is 30.5 Å². The second kappa shape index (κ2) is 8.64. The Balaban J connectivity index is 1.57. The van der Waals surface area contributed by atoms with Crippen molar-refractivity contribution in [3.8, 4) is 0 Å². The van der Waals surface area contributed by atoms with Crippen molar-refractivity contribution in [2.45, 2.75) is 19.6 Å². The fourth-order valence-corrected chi connectivity index (χ4v) is 3.54. The monoisotopic (exact) mass is 357 g/mol. The number of hydrogen-bond acceptors (Lipinski definition) is 4. The molecule has 1 unspecified atom stereocenters. The lowest BCUT2D eigenvalue weighted by molar-refractivity contribution is 0.191. The molecule has 2 aromatic heterocycles. The van der Waals surface area contributed by atoms with Crippen LogP contribution >= 0.6 is 11.3 Å². The summed E-state index contributed by atoms with van der Waals surface area (Å²) >= 11 is 1.61. The van der Waals surface area contributed by atoms with Crippen molar-refractivity contribution < 1.29 is 5.11 Å². The second-order valence-corrected chi connectivity index (χ2v) is 6.73. The highest BCUT2D eigenvalue weighted by atomic mass is 32.1. The van der Waals surface area contributed by atoms with Crippen LogP contribution in [-0.2, 0) is 6.54 Å². The molecule has 0 aliphatic carbocycles. The van der Waals surface area contributed by atoms with Crippen LogP contribution in [0.1, 0.15) is 17.9 Å². The molecule has 3 N–H and O–H groups in total. The fraction of sp³-hybridized carbons (Fsp3) is 0.333. The topological polar surface area (TPSA) is 74.5 Å². The van der Waals surface area contributed by atoms with Gasteiger partial charge in [0.05, 0.1) is 13.1 Å². The zero-order chi connectivity index (χ0) is 17.5. The molecule has 0 radical (unpaired) electrons. The van der Waals surface area contributed by atoms with Gasteiger partial charge in [0.25, 0.3) is 0 Å². The van der Waals surface area contributed by atoms with Gasteiger partial charge in [0.2, 0.25) is 0 Å². The van der Waals surface area contributed by atoms with Gasteiger partial charge < -0.3 is 15.7 Å². The molecule has 0 bridgehead atoms. The quantitative estimate of drug-likeness (QED) is 0.448. The summed E-state index contributed by atoms with van der Waals surface area (Å²) in [7, 11) is 0. The highest BCUT2D eigenvalue weighted by molar-refractivity contribution is 7.19. The summed E-state index contributed by atoms with van der Waals surface area (Å²) in [5.74, 6) is 0.704. The van der Waals surface area contributed by atoms with Gasteiger partial charge >= 0.3 is 0 Å². The third kappa shape index (κ3) is 4.80. The van der Waals surface area contributed by atoms with E-state index in [4.69, 9.17) is 0 Å². The maximum Gasteiger partial charge on any atom is 0.191 e. The molecular formula is C18H23N5OS. The van der Waals surface area contributed by atoms with Gasteiger partial charge in [-0.25, -0.2) is 0 Å². The Bertz CT molecular complexity index is 779. The Labute approximate surface area is 151 Å². The van der Waals surface area contributed by atoms with Crippen LogP contribution in [-0.4, -0.2) is 40.5 Å². The second-order valence-electron chi connectivity index (χ2n) is 5.62. The molecule has 0 saturated carbocycles. The largest absolute Gasteiger partial charge is 0.386 e. The van der Waals surface area contributed by atoms with Crippen LogP contribution in [0, 0.1) is 0 Å². The standard InChI is InChI=1S/C18H23N5OS/c1-2-19-18(20-9-11-23-10-5-8-22-23)21-13-15(24)17-12-14-6-3-4-7-16(14)25-17/h3-8,10,12,15,24H,2,9,11,13H2,1H3,(H2,19,20,21). The fourth-order valence-electron chi connectivity index (χ4n) is 2.50. The summed E-state index contributed by atoms with van der Waals surface area (Å²) in [5.41, 5.74) is 0. The molecule has 2 heterocycles. The number of benzene rings is 1. The van der Waals surface area contributed by atoms with Crippen LogP contribution in [0.25, 0.3) is 10.1 Å². The molecule has 1 atom stereocenters. The van der Waals surface area contributed by atoms with Crippen molar-refractivity contribution in [3.05, 3.63) is 53.7 Å². The van der Waals surface area contributed by atoms with E-state index in [2.05, 4.69) is 32.9 Å². The van der Waals surface area contributed by atoms with E-state index in [0.717, 1.165) is 23.4 Å². The van der Waals surface area contributed by atoms with Crippen molar-refractivity contribution in [2.24, 2.45) is 4.99 Å². The first kappa shape index (κ1) is 17.4. The summed E-state index contributed by atoms with van der Waals surface area (Å²) in [6.07, 6.45) is 3.09.